The van der Waals surface area contributed by atoms with Crippen LogP contribution in [0.4, 0.5) is 0 Å². The van der Waals surface area contributed by atoms with Crippen LogP contribution in [0, 0.1) is 0 Å². The molecule has 0 aromatic rings. The Morgan fingerprint density at radius 1 is 0.470 bits per heavy atom. The van der Waals surface area contributed by atoms with Gasteiger partial charge in [-0.3, -0.25) is 18.6 Å². The summed E-state index contributed by atoms with van der Waals surface area (Å²) in [6.07, 6.45) is 66.7. The van der Waals surface area contributed by atoms with E-state index < -0.39 is 32.5 Å². The number of rotatable bonds is 43. The van der Waals surface area contributed by atoms with E-state index in [9.17, 15) is 19.0 Å². The van der Waals surface area contributed by atoms with Crippen LogP contribution in [0.3, 0.4) is 0 Å². The molecule has 0 aromatic carbocycles. The van der Waals surface area contributed by atoms with Crippen molar-refractivity contribution in [3.05, 3.63) is 134 Å². The molecular formula is C56H91NO8P+. The predicted octanol–water partition coefficient (Wildman–Crippen LogP) is 15.0. The first-order chi connectivity index (χ1) is 32.0. The summed E-state index contributed by atoms with van der Waals surface area (Å²) in [6, 6.07) is 0. The molecule has 1 N–H and O–H groups in total. The SMILES string of the molecule is CC/C=C\C/C=C\C/C=C\C/C=C\C/C=C\C/C=C\C/C=C\CCCCCCCCCC(=O)OC(COC(=O)CC/C=C\C/C=C\C/C=C\C/C=C\CC)COP(=O)(O)OCC[N+](C)(C)C. The van der Waals surface area contributed by atoms with E-state index in [1.165, 1.54) is 12.8 Å². The predicted molar refractivity (Wildman–Crippen MR) is 279 cm³/mol. The third kappa shape index (κ3) is 49.6. The van der Waals surface area contributed by atoms with E-state index in [0.29, 0.717) is 23.9 Å². The first-order valence-corrected chi connectivity index (χ1v) is 26.4. The second-order valence-electron chi connectivity index (χ2n) is 17.1. The molecule has 0 fully saturated rings. The van der Waals surface area contributed by atoms with Gasteiger partial charge in [0.25, 0.3) is 0 Å². The van der Waals surface area contributed by atoms with Crippen LogP contribution in [0.5, 0.6) is 0 Å². The van der Waals surface area contributed by atoms with Crippen molar-refractivity contribution in [2.75, 3.05) is 47.5 Å². The Hall–Kier alpha value is -3.85. The van der Waals surface area contributed by atoms with Gasteiger partial charge < -0.3 is 18.9 Å². The lowest BCUT2D eigenvalue weighted by atomic mass is 10.1. The number of hydrogen-bond acceptors (Lipinski definition) is 7. The van der Waals surface area contributed by atoms with Gasteiger partial charge in [-0.15, -0.1) is 0 Å². The molecule has 0 saturated carbocycles. The van der Waals surface area contributed by atoms with Crippen molar-refractivity contribution in [3.63, 3.8) is 0 Å². The smallest absolute Gasteiger partial charge is 0.462 e. The Labute approximate surface area is 402 Å². The standard InChI is InChI=1S/C56H90NO8P/c1-6-8-10-12-14-16-18-20-21-22-23-24-25-26-27-28-29-30-31-32-33-34-35-37-39-41-43-45-47-49-56(59)65-54(53-64-66(60,61)63-51-50-57(3,4)5)52-62-55(58)48-46-44-42-40-38-36-19-17-15-13-11-9-7-2/h8-11,14-17,20-21,23-24,26-27,29-30,32-33,36,38,42,44,54H,6-7,12-13,18-19,22,25,28,31,34-35,37,39-41,43,45-53H2,1-5H3/p+1/b10-8-,11-9-,16-14-,17-15-,21-20-,24-23-,27-26-,30-29-,33-32-,38-36-,44-42-. The van der Waals surface area contributed by atoms with Gasteiger partial charge in [-0.2, -0.15) is 0 Å². The first kappa shape index (κ1) is 62.1. The van der Waals surface area contributed by atoms with Crippen molar-refractivity contribution in [3.8, 4) is 0 Å². The zero-order valence-electron chi connectivity index (χ0n) is 41.9. The highest BCUT2D eigenvalue weighted by atomic mass is 31.2. The van der Waals surface area contributed by atoms with Crippen molar-refractivity contribution in [2.45, 2.75) is 161 Å². The van der Waals surface area contributed by atoms with E-state index in [4.69, 9.17) is 18.5 Å². The zero-order chi connectivity index (χ0) is 48.5. The molecule has 2 atom stereocenters. The average molecular weight is 937 g/mol. The van der Waals surface area contributed by atoms with E-state index in [1.807, 2.05) is 33.3 Å². The molecule has 0 aliphatic heterocycles. The van der Waals surface area contributed by atoms with Crippen molar-refractivity contribution in [1.82, 2.24) is 0 Å². The molecule has 0 bridgehead atoms. The number of unbranched alkanes of at least 4 members (excludes halogenated alkanes) is 7. The minimum absolute atomic E-state index is 0.0107. The Kier molecular flexibility index (Phi) is 43.6. The molecule has 10 heteroatoms. The van der Waals surface area contributed by atoms with E-state index in [-0.39, 0.29) is 26.1 Å². The number of carbonyl (C=O) groups is 2. The van der Waals surface area contributed by atoms with Gasteiger partial charge in [-0.05, 0) is 96.3 Å². The van der Waals surface area contributed by atoms with Crippen LogP contribution in [0.1, 0.15) is 155 Å². The maximum absolute atomic E-state index is 12.7. The second kappa shape index (κ2) is 46.3. The molecule has 0 heterocycles. The summed E-state index contributed by atoms with van der Waals surface area (Å²) in [7, 11) is 1.41. The fourth-order valence-electron chi connectivity index (χ4n) is 5.89. The second-order valence-corrected chi connectivity index (χ2v) is 18.5. The molecule has 0 radical (unpaired) electrons. The van der Waals surface area contributed by atoms with Gasteiger partial charge in [-0.25, -0.2) is 4.57 Å². The quantitative estimate of drug-likeness (QED) is 0.0212. The molecular weight excluding hydrogens is 846 g/mol. The molecule has 0 amide bonds. The van der Waals surface area contributed by atoms with Crippen LogP contribution in [0.2, 0.25) is 0 Å². The largest absolute Gasteiger partial charge is 0.472 e. The zero-order valence-corrected chi connectivity index (χ0v) is 42.8. The molecule has 0 aliphatic carbocycles. The Morgan fingerprint density at radius 2 is 0.848 bits per heavy atom. The van der Waals surface area contributed by atoms with Crippen molar-refractivity contribution in [2.24, 2.45) is 0 Å². The van der Waals surface area contributed by atoms with Gasteiger partial charge in [0.15, 0.2) is 6.10 Å². The highest BCUT2D eigenvalue weighted by Crippen LogP contribution is 2.43. The minimum Gasteiger partial charge on any atom is -0.462 e. The van der Waals surface area contributed by atoms with Crippen LogP contribution in [0.25, 0.3) is 0 Å². The van der Waals surface area contributed by atoms with Crippen LogP contribution in [-0.4, -0.2) is 74.9 Å². The highest BCUT2D eigenvalue weighted by molar-refractivity contribution is 7.47. The number of esters is 2. The summed E-state index contributed by atoms with van der Waals surface area (Å²) in [4.78, 5) is 35.4. The number of nitrogens with zero attached hydrogens (tertiary/aromatic N) is 1. The number of quaternary nitrogens is 1. The van der Waals surface area contributed by atoms with Crippen LogP contribution in [0.15, 0.2) is 134 Å². The van der Waals surface area contributed by atoms with E-state index >= 15 is 0 Å². The molecule has 66 heavy (non-hydrogen) atoms. The van der Waals surface area contributed by atoms with Crippen molar-refractivity contribution >= 4 is 19.8 Å². The lowest BCUT2D eigenvalue weighted by molar-refractivity contribution is -0.870. The van der Waals surface area contributed by atoms with E-state index in [1.54, 1.807) is 0 Å². The average Bonchev–Trinajstić information content (AvgIpc) is 3.27. The molecule has 0 rings (SSSR count). The lowest BCUT2D eigenvalue weighted by Gasteiger charge is -2.24. The maximum Gasteiger partial charge on any atom is 0.472 e. The molecule has 372 valence electrons. The topological polar surface area (TPSA) is 108 Å². The fraction of sp³-hybridized carbons (Fsp3) is 0.571. The fourth-order valence-corrected chi connectivity index (χ4v) is 6.63. The van der Waals surface area contributed by atoms with Crippen molar-refractivity contribution in [1.29, 1.82) is 0 Å². The van der Waals surface area contributed by atoms with Gasteiger partial charge in [-0.1, -0.05) is 180 Å². The van der Waals surface area contributed by atoms with Gasteiger partial charge in [0.2, 0.25) is 0 Å². The van der Waals surface area contributed by atoms with Gasteiger partial charge in [0, 0.05) is 12.8 Å². The molecule has 0 aromatic heterocycles. The summed E-state index contributed by atoms with van der Waals surface area (Å²) in [5, 5.41) is 0. The summed E-state index contributed by atoms with van der Waals surface area (Å²) in [6.45, 7) is 4.06. The third-order valence-corrected chi connectivity index (χ3v) is 10.7. The number of allylic oxidation sites excluding steroid dienone is 22. The van der Waals surface area contributed by atoms with Gasteiger partial charge >= 0.3 is 19.8 Å². The Morgan fingerprint density at radius 3 is 1.27 bits per heavy atom. The number of ether oxygens (including phenoxy) is 2. The highest BCUT2D eigenvalue weighted by Gasteiger charge is 2.27. The number of phosphoric acid groups is 1. The maximum atomic E-state index is 12.7. The normalized spacial score (nSPS) is 14.6. The summed E-state index contributed by atoms with van der Waals surface area (Å²) >= 11 is 0. The van der Waals surface area contributed by atoms with Gasteiger partial charge in [0.1, 0.15) is 19.8 Å². The van der Waals surface area contributed by atoms with Crippen LogP contribution in [-0.2, 0) is 32.7 Å². The van der Waals surface area contributed by atoms with E-state index in [2.05, 4.69) is 135 Å². The number of carbonyl (C=O) groups excluding carboxylic acids is 2. The lowest BCUT2D eigenvalue weighted by Crippen LogP contribution is -2.37. The number of hydrogen-bond donors (Lipinski definition) is 1. The Balaban J connectivity index is 4.32. The summed E-state index contributed by atoms with van der Waals surface area (Å²) in [5.74, 6) is -0.921. The number of likely N-dealkylation sites (N-methyl/N-ethyl adjacent to an activating group) is 1. The molecule has 0 spiro atoms. The minimum atomic E-state index is -4.41. The van der Waals surface area contributed by atoms with Crippen LogP contribution >= 0.6 is 7.82 Å². The number of phosphoric ester groups is 1. The first-order valence-electron chi connectivity index (χ1n) is 24.9. The van der Waals surface area contributed by atoms with Crippen molar-refractivity contribution < 1.29 is 42.1 Å². The molecule has 0 saturated heterocycles. The van der Waals surface area contributed by atoms with E-state index in [0.717, 1.165) is 103 Å². The van der Waals surface area contributed by atoms with Crippen LogP contribution < -0.4 is 0 Å². The summed E-state index contributed by atoms with van der Waals surface area (Å²) in [5.41, 5.74) is 0. The monoisotopic (exact) mass is 937 g/mol. The Bertz CT molecular complexity index is 1570. The molecule has 2 unspecified atom stereocenters. The molecule has 9 nitrogen and oxygen atoms in total. The molecule has 0 aliphatic rings. The third-order valence-electron chi connectivity index (χ3n) is 9.69. The van der Waals surface area contributed by atoms with Gasteiger partial charge in [0.05, 0.1) is 27.7 Å². The summed E-state index contributed by atoms with van der Waals surface area (Å²) < 4.78 is 34.3.